The van der Waals surface area contributed by atoms with Crippen LogP contribution >= 0.6 is 47.5 Å². The Hall–Kier alpha value is -0.600. The smallest absolute Gasteiger partial charge is 0.264 e. The van der Waals surface area contributed by atoms with Crippen LogP contribution in [0, 0.1) is 0 Å². The topological polar surface area (TPSA) is 48.5 Å². The highest BCUT2D eigenvalue weighted by Crippen LogP contribution is 2.34. The lowest BCUT2D eigenvalue weighted by Gasteiger charge is -2.31. The average Bonchev–Trinajstić information content (AvgIpc) is 3.05. The van der Waals surface area contributed by atoms with E-state index in [9.17, 15) is 4.79 Å². The van der Waals surface area contributed by atoms with Crippen molar-refractivity contribution in [3.8, 4) is 0 Å². The Morgan fingerprint density at radius 2 is 1.96 bits per heavy atom. The number of thiazole rings is 1. The van der Waals surface area contributed by atoms with E-state index in [4.69, 9.17) is 0 Å². The maximum absolute atomic E-state index is 12.6. The maximum Gasteiger partial charge on any atom is 0.264 e. The molecule has 3 heterocycles. The minimum Gasteiger partial charge on any atom is -0.354 e. The van der Waals surface area contributed by atoms with Crippen LogP contribution in [0.25, 0.3) is 9.53 Å². The van der Waals surface area contributed by atoms with Crippen LogP contribution in [0.4, 0.5) is 5.13 Å². The molecule has 5 nitrogen and oxygen atoms in total. The predicted molar refractivity (Wildman–Crippen MR) is 104 cm³/mol. The fraction of sp³-hybridized carbons (Fsp3) is 0.571. The third-order valence-electron chi connectivity index (χ3n) is 3.86. The van der Waals surface area contributed by atoms with Gasteiger partial charge in [-0.3, -0.25) is 4.79 Å². The molecule has 0 unspecified atom stereocenters. The number of halogens is 2. The molecule has 9 heteroatoms. The lowest BCUT2D eigenvalue weighted by Crippen LogP contribution is -2.43. The van der Waals surface area contributed by atoms with Gasteiger partial charge in [0.05, 0.1) is 9.58 Å². The van der Waals surface area contributed by atoms with E-state index in [1.54, 1.807) is 11.3 Å². The Morgan fingerprint density at radius 3 is 2.48 bits per heavy atom. The third-order valence-corrected chi connectivity index (χ3v) is 6.18. The highest BCUT2D eigenvalue weighted by Gasteiger charge is 2.24. The van der Waals surface area contributed by atoms with Gasteiger partial charge in [0.2, 0.25) is 0 Å². The zero-order chi connectivity index (χ0) is 15.0. The lowest BCUT2D eigenvalue weighted by molar-refractivity contribution is 0.0712. The van der Waals surface area contributed by atoms with Gasteiger partial charge >= 0.3 is 0 Å². The van der Waals surface area contributed by atoms with Crippen molar-refractivity contribution in [3.63, 3.8) is 0 Å². The summed E-state index contributed by atoms with van der Waals surface area (Å²) in [5.74, 6) is 0.158. The van der Waals surface area contributed by atoms with Gasteiger partial charge in [-0.1, -0.05) is 11.3 Å². The van der Waals surface area contributed by atoms with Crippen molar-refractivity contribution >= 4 is 68.1 Å². The van der Waals surface area contributed by atoms with Gasteiger partial charge in [0.25, 0.3) is 5.91 Å². The number of aromatic nitrogens is 1. The van der Waals surface area contributed by atoms with Gasteiger partial charge in [0.1, 0.15) is 4.83 Å². The fourth-order valence-corrected chi connectivity index (χ4v) is 4.65. The average molecular weight is 397 g/mol. The molecule has 0 spiro atoms. The van der Waals surface area contributed by atoms with Crippen molar-refractivity contribution in [1.29, 1.82) is 0 Å². The van der Waals surface area contributed by atoms with Crippen LogP contribution in [0.3, 0.4) is 0 Å². The van der Waals surface area contributed by atoms with Crippen molar-refractivity contribution in [2.75, 3.05) is 39.1 Å². The molecular formula is C14H22Cl2N4OS2. The van der Waals surface area contributed by atoms with Crippen LogP contribution in [-0.4, -0.2) is 56.1 Å². The number of amides is 1. The van der Waals surface area contributed by atoms with Gasteiger partial charge in [0, 0.05) is 33.2 Å². The number of thiophene rings is 1. The first kappa shape index (κ1) is 20.4. The van der Waals surface area contributed by atoms with Crippen LogP contribution in [0.5, 0.6) is 0 Å². The molecule has 0 aliphatic carbocycles. The quantitative estimate of drug-likeness (QED) is 0.865. The number of likely N-dealkylation sites (tertiary alicyclic amines) is 1. The van der Waals surface area contributed by atoms with Gasteiger partial charge in [-0.15, -0.1) is 36.2 Å². The number of piperidine rings is 1. The van der Waals surface area contributed by atoms with E-state index in [1.165, 1.54) is 11.3 Å². The molecule has 1 aliphatic heterocycles. The first-order valence-electron chi connectivity index (χ1n) is 7.12. The zero-order valence-corrected chi connectivity index (χ0v) is 16.6. The number of carbonyl (C=O) groups excluding carboxylic acids is 1. The first-order valence-corrected chi connectivity index (χ1v) is 8.76. The van der Waals surface area contributed by atoms with E-state index in [1.807, 2.05) is 37.0 Å². The van der Waals surface area contributed by atoms with E-state index >= 15 is 0 Å². The summed E-state index contributed by atoms with van der Waals surface area (Å²) in [4.78, 5) is 22.9. The van der Waals surface area contributed by atoms with Gasteiger partial charge in [-0.05, 0) is 26.0 Å². The summed E-state index contributed by atoms with van der Waals surface area (Å²) < 4.78 is 1.11. The molecule has 0 bridgehead atoms. The Kier molecular flexibility index (Phi) is 7.54. The zero-order valence-electron chi connectivity index (χ0n) is 13.4. The number of hydrogen-bond donors (Lipinski definition) is 1. The monoisotopic (exact) mass is 396 g/mol. The molecule has 1 aliphatic rings. The Balaban J connectivity index is 0.00000132. The first-order chi connectivity index (χ1) is 10.1. The molecule has 0 radical (unpaired) electrons. The van der Waals surface area contributed by atoms with E-state index < -0.39 is 0 Å². The fourth-order valence-electron chi connectivity index (χ4n) is 2.55. The normalized spacial score (nSPS) is 15.2. The van der Waals surface area contributed by atoms with Crippen LogP contribution in [-0.2, 0) is 0 Å². The molecule has 2 aromatic heterocycles. The standard InChI is InChI=1S/C14H20N4OS2.2ClH/c1-15-9-4-6-18(7-5-9)13(19)11-8-10-12(20-11)16-14(21-10)17(2)3;;/h8-9,15H,4-7H2,1-3H3;2*1H. The molecule has 1 N–H and O–H groups in total. The summed E-state index contributed by atoms with van der Waals surface area (Å²) in [7, 11) is 5.96. The molecule has 0 aromatic carbocycles. The lowest BCUT2D eigenvalue weighted by atomic mass is 10.1. The second kappa shape index (κ2) is 8.48. The highest BCUT2D eigenvalue weighted by atomic mass is 35.5. The van der Waals surface area contributed by atoms with Gasteiger partial charge in [0.15, 0.2) is 5.13 Å². The molecule has 0 atom stereocenters. The number of anilines is 1. The molecule has 1 fully saturated rings. The summed E-state index contributed by atoms with van der Waals surface area (Å²) in [5, 5.41) is 4.28. The number of carbonyl (C=O) groups is 1. The van der Waals surface area contributed by atoms with E-state index in [2.05, 4.69) is 10.3 Å². The van der Waals surface area contributed by atoms with E-state index in [0.717, 1.165) is 45.5 Å². The summed E-state index contributed by atoms with van der Waals surface area (Å²) >= 11 is 3.15. The summed E-state index contributed by atoms with van der Waals surface area (Å²) in [6, 6.07) is 2.54. The maximum atomic E-state index is 12.6. The Morgan fingerprint density at radius 1 is 1.30 bits per heavy atom. The van der Waals surface area contributed by atoms with E-state index in [-0.39, 0.29) is 30.7 Å². The SMILES string of the molecule is CNC1CCN(C(=O)c2cc3sc(N(C)C)nc3s2)CC1.Cl.Cl. The third kappa shape index (κ3) is 4.28. The minimum atomic E-state index is 0. The summed E-state index contributed by atoms with van der Waals surface area (Å²) in [5.41, 5.74) is 0. The van der Waals surface area contributed by atoms with Crippen molar-refractivity contribution in [3.05, 3.63) is 10.9 Å². The van der Waals surface area contributed by atoms with Crippen LogP contribution in [0.2, 0.25) is 0 Å². The van der Waals surface area contributed by atoms with Gasteiger partial charge < -0.3 is 15.1 Å². The summed E-state index contributed by atoms with van der Waals surface area (Å²) in [6.45, 7) is 1.68. The Labute approximate surface area is 156 Å². The number of nitrogens with zero attached hydrogens (tertiary/aromatic N) is 3. The second-order valence-corrected chi connectivity index (χ2v) is 7.57. The van der Waals surface area contributed by atoms with Crippen LogP contribution < -0.4 is 10.2 Å². The molecule has 2 aromatic rings. The highest BCUT2D eigenvalue weighted by molar-refractivity contribution is 7.29. The van der Waals surface area contributed by atoms with Crippen molar-refractivity contribution < 1.29 is 4.79 Å². The predicted octanol–water partition coefficient (Wildman–Crippen LogP) is 3.09. The van der Waals surface area contributed by atoms with Crippen LogP contribution in [0.1, 0.15) is 22.5 Å². The molecule has 23 heavy (non-hydrogen) atoms. The largest absolute Gasteiger partial charge is 0.354 e. The number of nitrogens with one attached hydrogen (secondary N) is 1. The number of fused-ring (bicyclic) bond motifs is 1. The van der Waals surface area contributed by atoms with Gasteiger partial charge in [-0.25, -0.2) is 4.98 Å². The molecule has 1 amide bonds. The number of hydrogen-bond acceptors (Lipinski definition) is 6. The molecule has 0 saturated carbocycles. The molecular weight excluding hydrogens is 375 g/mol. The van der Waals surface area contributed by atoms with E-state index in [0.29, 0.717) is 6.04 Å². The molecule has 130 valence electrons. The minimum absolute atomic E-state index is 0. The van der Waals surface area contributed by atoms with Gasteiger partial charge in [-0.2, -0.15) is 0 Å². The molecule has 3 rings (SSSR count). The summed E-state index contributed by atoms with van der Waals surface area (Å²) in [6.07, 6.45) is 2.07. The second-order valence-electron chi connectivity index (χ2n) is 5.53. The van der Waals surface area contributed by atoms with Crippen molar-refractivity contribution in [2.24, 2.45) is 0 Å². The van der Waals surface area contributed by atoms with Crippen molar-refractivity contribution in [1.82, 2.24) is 15.2 Å². The van der Waals surface area contributed by atoms with Crippen molar-refractivity contribution in [2.45, 2.75) is 18.9 Å². The molecule has 1 saturated heterocycles. The number of rotatable bonds is 3. The Bertz CT molecular complexity index is 619. The van der Waals surface area contributed by atoms with Crippen LogP contribution in [0.15, 0.2) is 6.07 Å².